The molecule has 2 aliphatic carbocycles. The Kier molecular flexibility index (Phi) is 3.86. The van der Waals surface area contributed by atoms with E-state index in [1.54, 1.807) is 0 Å². The summed E-state index contributed by atoms with van der Waals surface area (Å²) in [5.74, 6) is -2.38. The van der Waals surface area contributed by atoms with Crippen molar-refractivity contribution in [3.63, 3.8) is 0 Å². The first-order chi connectivity index (χ1) is 14.1. The molecular formula is C19H15F2N3O5S. The van der Waals surface area contributed by atoms with Crippen LogP contribution in [0.3, 0.4) is 0 Å². The summed E-state index contributed by atoms with van der Waals surface area (Å²) in [5.41, 5.74) is -1.59. The summed E-state index contributed by atoms with van der Waals surface area (Å²) in [7, 11) is -3.83. The zero-order valence-corrected chi connectivity index (χ0v) is 16.0. The van der Waals surface area contributed by atoms with Crippen LogP contribution in [0.2, 0.25) is 0 Å². The molecular weight excluding hydrogens is 420 g/mol. The number of nitrogens with one attached hydrogen (secondary N) is 3. The van der Waals surface area contributed by atoms with Crippen LogP contribution in [0.5, 0.6) is 0 Å². The molecule has 3 amide bonds. The highest BCUT2D eigenvalue weighted by molar-refractivity contribution is 7.90. The van der Waals surface area contributed by atoms with Gasteiger partial charge >= 0.3 is 6.03 Å². The van der Waals surface area contributed by atoms with Crippen molar-refractivity contribution in [3.8, 4) is 11.1 Å². The summed E-state index contributed by atoms with van der Waals surface area (Å²) in [6, 6.07) is 4.60. The molecule has 1 saturated carbocycles. The van der Waals surface area contributed by atoms with Gasteiger partial charge in [0, 0.05) is 16.7 Å². The van der Waals surface area contributed by atoms with Crippen LogP contribution < -0.4 is 15.4 Å². The molecule has 0 radical (unpaired) electrons. The van der Waals surface area contributed by atoms with Crippen molar-refractivity contribution in [1.29, 1.82) is 0 Å². The minimum absolute atomic E-state index is 0.0221. The Morgan fingerprint density at radius 3 is 2.43 bits per heavy atom. The van der Waals surface area contributed by atoms with E-state index in [4.69, 9.17) is 0 Å². The van der Waals surface area contributed by atoms with Crippen LogP contribution >= 0.6 is 0 Å². The second-order valence-electron chi connectivity index (χ2n) is 7.53. The largest absolute Gasteiger partial charge is 0.373 e. The first-order valence-electron chi connectivity index (χ1n) is 9.10. The van der Waals surface area contributed by atoms with Crippen LogP contribution in [0.4, 0.5) is 13.6 Å². The molecule has 30 heavy (non-hydrogen) atoms. The van der Waals surface area contributed by atoms with Gasteiger partial charge in [-0.25, -0.2) is 22.0 Å². The summed E-state index contributed by atoms with van der Waals surface area (Å²) in [6.45, 7) is 0. The van der Waals surface area contributed by atoms with Gasteiger partial charge in [-0.2, -0.15) is 4.72 Å². The number of halogens is 2. The predicted molar refractivity (Wildman–Crippen MR) is 99.3 cm³/mol. The molecule has 2 aromatic carbocycles. The van der Waals surface area contributed by atoms with E-state index < -0.39 is 50.6 Å². The Bertz CT molecular complexity index is 1240. The second kappa shape index (κ2) is 6.06. The van der Waals surface area contributed by atoms with E-state index in [1.807, 2.05) is 0 Å². The van der Waals surface area contributed by atoms with Gasteiger partial charge in [0.1, 0.15) is 17.9 Å². The molecule has 8 nitrogen and oxygen atoms in total. The fourth-order valence-corrected chi connectivity index (χ4v) is 5.55. The van der Waals surface area contributed by atoms with Crippen molar-refractivity contribution >= 4 is 22.0 Å². The normalized spacial score (nSPS) is 23.2. The average molecular weight is 435 g/mol. The summed E-state index contributed by atoms with van der Waals surface area (Å²) in [4.78, 5) is 24.7. The molecule has 3 aliphatic rings. The molecule has 0 bridgehead atoms. The highest BCUT2D eigenvalue weighted by Gasteiger charge is 2.56. The molecule has 2 fully saturated rings. The van der Waals surface area contributed by atoms with E-state index in [0.29, 0.717) is 12.8 Å². The van der Waals surface area contributed by atoms with Crippen molar-refractivity contribution in [2.45, 2.75) is 29.9 Å². The second-order valence-corrected chi connectivity index (χ2v) is 9.52. The van der Waals surface area contributed by atoms with Crippen LogP contribution in [0.25, 0.3) is 11.1 Å². The number of imide groups is 1. The quantitative estimate of drug-likeness (QED) is 0.423. The topological polar surface area (TPSA) is 125 Å². The van der Waals surface area contributed by atoms with Crippen LogP contribution in [0.15, 0.2) is 30.3 Å². The van der Waals surface area contributed by atoms with Crippen LogP contribution in [0, 0.1) is 11.6 Å². The van der Waals surface area contributed by atoms with Gasteiger partial charge in [-0.15, -0.1) is 0 Å². The lowest BCUT2D eigenvalue weighted by atomic mass is 9.87. The lowest BCUT2D eigenvalue weighted by Gasteiger charge is -2.24. The fourth-order valence-electron chi connectivity index (χ4n) is 4.16. The summed E-state index contributed by atoms with van der Waals surface area (Å²) < 4.78 is 55.2. The van der Waals surface area contributed by atoms with E-state index in [2.05, 4.69) is 15.4 Å². The maximum atomic E-state index is 14.5. The number of urea groups is 1. The molecule has 0 aromatic heterocycles. The van der Waals surface area contributed by atoms with E-state index in [9.17, 15) is 31.9 Å². The first kappa shape index (κ1) is 19.1. The number of amides is 3. The lowest BCUT2D eigenvalue weighted by molar-refractivity contribution is -0.122. The molecule has 5 rings (SSSR count). The third kappa shape index (κ3) is 2.59. The molecule has 11 heteroatoms. The monoisotopic (exact) mass is 435 g/mol. The zero-order chi connectivity index (χ0) is 21.4. The number of carbonyl (C=O) groups excluding carboxylic acids is 2. The number of hydrogen-bond donors (Lipinski definition) is 4. The predicted octanol–water partition coefficient (Wildman–Crippen LogP) is 1.10. The van der Waals surface area contributed by atoms with Crippen LogP contribution in [-0.2, 0) is 20.4 Å². The average Bonchev–Trinajstić information content (AvgIpc) is 3.43. The van der Waals surface area contributed by atoms with Gasteiger partial charge in [-0.05, 0) is 48.2 Å². The minimum Gasteiger partial charge on any atom is -0.373 e. The number of aliphatic hydroxyl groups excluding tert-OH is 1. The summed E-state index contributed by atoms with van der Waals surface area (Å²) >= 11 is 0. The molecule has 1 saturated heterocycles. The number of sulfonamides is 1. The number of carbonyl (C=O) groups is 2. The summed E-state index contributed by atoms with van der Waals surface area (Å²) in [5, 5.41) is 14.5. The number of fused-ring (bicyclic) bond motifs is 5. The molecule has 4 N–H and O–H groups in total. The van der Waals surface area contributed by atoms with Gasteiger partial charge < -0.3 is 10.4 Å². The van der Waals surface area contributed by atoms with Crippen LogP contribution in [-0.4, -0.2) is 30.7 Å². The molecule has 1 aliphatic heterocycles. The molecule has 1 heterocycles. The lowest BCUT2D eigenvalue weighted by Crippen LogP contribution is -2.43. The number of rotatable bonds is 4. The first-order valence-corrected chi connectivity index (χ1v) is 10.7. The van der Waals surface area contributed by atoms with E-state index in [0.717, 1.165) is 24.3 Å². The summed E-state index contributed by atoms with van der Waals surface area (Å²) in [6.07, 6.45) is -0.894. The zero-order valence-electron chi connectivity index (χ0n) is 15.2. The van der Waals surface area contributed by atoms with E-state index >= 15 is 0 Å². The highest BCUT2D eigenvalue weighted by atomic mass is 32.2. The van der Waals surface area contributed by atoms with Gasteiger partial charge in [-0.1, -0.05) is 6.07 Å². The number of aliphatic hydroxyl groups is 1. The Hall–Kier alpha value is -2.89. The van der Waals surface area contributed by atoms with Crippen molar-refractivity contribution < 1.29 is 31.9 Å². The molecule has 1 spiro atoms. The van der Waals surface area contributed by atoms with E-state index in [-0.39, 0.29) is 27.8 Å². The highest BCUT2D eigenvalue weighted by Crippen LogP contribution is 2.51. The maximum absolute atomic E-state index is 14.5. The standard InChI is InChI=1S/C19H15F2N3O5S/c20-8-1-4-11-13(6-8)19(17(26)22-18(27)23-19)14-7-9(21)5-12(15(11)14)16(25)24-30(28,29)10-2-3-10/h1,4-7,10,16,24-25H,2-3H2,(H2,22,23,26,27). The Morgan fingerprint density at radius 2 is 1.80 bits per heavy atom. The SMILES string of the molecule is O=C1NC(=O)C2(N1)c1cc(F)ccc1-c1c(C(O)NS(=O)(=O)C3CC3)cc(F)cc12. The van der Waals surface area contributed by atoms with Gasteiger partial charge in [0.05, 0.1) is 5.25 Å². The van der Waals surface area contributed by atoms with Gasteiger partial charge in [0.25, 0.3) is 5.91 Å². The van der Waals surface area contributed by atoms with Gasteiger partial charge in [-0.3, -0.25) is 10.1 Å². The van der Waals surface area contributed by atoms with E-state index in [1.165, 1.54) is 6.07 Å². The third-order valence-corrected chi connectivity index (χ3v) is 7.50. The Labute approximate surface area is 169 Å². The maximum Gasteiger partial charge on any atom is 0.322 e. The smallest absolute Gasteiger partial charge is 0.322 e. The fraction of sp³-hybridized carbons (Fsp3) is 0.263. The number of benzene rings is 2. The molecule has 2 unspecified atom stereocenters. The number of hydrogen-bond acceptors (Lipinski definition) is 5. The van der Waals surface area contributed by atoms with Gasteiger partial charge in [0.2, 0.25) is 10.0 Å². The molecule has 2 aromatic rings. The Morgan fingerprint density at radius 1 is 1.10 bits per heavy atom. The van der Waals surface area contributed by atoms with Crippen molar-refractivity contribution in [2.24, 2.45) is 0 Å². The van der Waals surface area contributed by atoms with Crippen LogP contribution in [0.1, 0.15) is 35.8 Å². The van der Waals surface area contributed by atoms with Crippen molar-refractivity contribution in [3.05, 3.63) is 58.7 Å². The third-order valence-electron chi connectivity index (χ3n) is 5.59. The molecule has 2 atom stereocenters. The van der Waals surface area contributed by atoms with Crippen molar-refractivity contribution in [1.82, 2.24) is 15.4 Å². The van der Waals surface area contributed by atoms with Gasteiger partial charge in [0.15, 0.2) is 5.54 Å². The molecule has 156 valence electrons. The Balaban J connectivity index is 1.74. The minimum atomic E-state index is -3.83. The van der Waals surface area contributed by atoms with Crippen molar-refractivity contribution in [2.75, 3.05) is 0 Å².